The summed E-state index contributed by atoms with van der Waals surface area (Å²) < 4.78 is 0. The van der Waals surface area contributed by atoms with Gasteiger partial charge in [0.05, 0.1) is 12.0 Å². The van der Waals surface area contributed by atoms with Crippen LogP contribution in [0.4, 0.5) is 0 Å². The van der Waals surface area contributed by atoms with Crippen LogP contribution >= 0.6 is 22.7 Å². The Kier molecular flexibility index (Phi) is 3.14. The van der Waals surface area contributed by atoms with Crippen LogP contribution in [0, 0.1) is 5.41 Å². The number of hydrogen-bond acceptors (Lipinski definition) is 4. The molecule has 2 aromatic rings. The summed E-state index contributed by atoms with van der Waals surface area (Å²) in [6, 6.07) is 6.23. The SMILES string of the molecule is CN1C(=N)N[C@](C)(c2ccc(-c3ccsc3)s2)CC1=O. The molecule has 6 heteroatoms. The van der Waals surface area contributed by atoms with E-state index < -0.39 is 5.54 Å². The van der Waals surface area contributed by atoms with E-state index in [0.29, 0.717) is 6.42 Å². The first-order chi connectivity index (χ1) is 9.49. The molecule has 1 fully saturated rings. The number of hydrogen-bond donors (Lipinski definition) is 2. The molecule has 1 aliphatic rings. The van der Waals surface area contributed by atoms with E-state index in [2.05, 4.69) is 34.3 Å². The van der Waals surface area contributed by atoms with Crippen molar-refractivity contribution in [1.82, 2.24) is 10.2 Å². The van der Waals surface area contributed by atoms with E-state index in [1.807, 2.05) is 6.92 Å². The summed E-state index contributed by atoms with van der Waals surface area (Å²) in [4.78, 5) is 15.6. The maximum atomic E-state index is 12.0. The lowest BCUT2D eigenvalue weighted by atomic mass is 9.93. The molecule has 1 amide bonds. The van der Waals surface area contributed by atoms with E-state index in [0.717, 1.165) is 4.88 Å². The molecule has 3 heterocycles. The molecule has 104 valence electrons. The van der Waals surface area contributed by atoms with Crippen molar-refractivity contribution < 1.29 is 4.79 Å². The lowest BCUT2D eigenvalue weighted by molar-refractivity contribution is -0.129. The summed E-state index contributed by atoms with van der Waals surface area (Å²) in [5, 5.41) is 15.2. The Bertz CT molecular complexity index is 642. The molecular weight excluding hydrogens is 290 g/mol. The van der Waals surface area contributed by atoms with E-state index in [4.69, 9.17) is 5.41 Å². The molecule has 1 atom stereocenters. The van der Waals surface area contributed by atoms with Crippen molar-refractivity contribution in [2.75, 3.05) is 7.05 Å². The van der Waals surface area contributed by atoms with Gasteiger partial charge in [0, 0.05) is 22.4 Å². The van der Waals surface area contributed by atoms with Crippen molar-refractivity contribution in [2.45, 2.75) is 18.9 Å². The van der Waals surface area contributed by atoms with Crippen molar-refractivity contribution >= 4 is 34.5 Å². The van der Waals surface area contributed by atoms with Gasteiger partial charge in [0.2, 0.25) is 5.91 Å². The molecule has 0 spiro atoms. The van der Waals surface area contributed by atoms with E-state index >= 15 is 0 Å². The first-order valence-corrected chi connectivity index (χ1v) is 8.02. The van der Waals surface area contributed by atoms with Gasteiger partial charge < -0.3 is 5.32 Å². The third-order valence-electron chi connectivity index (χ3n) is 3.56. The van der Waals surface area contributed by atoms with Crippen LogP contribution < -0.4 is 5.32 Å². The largest absolute Gasteiger partial charge is 0.345 e. The Morgan fingerprint density at radius 2 is 2.20 bits per heavy atom. The monoisotopic (exact) mass is 305 g/mol. The molecule has 0 bridgehead atoms. The molecule has 2 aromatic heterocycles. The summed E-state index contributed by atoms with van der Waals surface area (Å²) in [5.74, 6) is 0.135. The zero-order valence-electron chi connectivity index (χ0n) is 11.3. The fourth-order valence-corrected chi connectivity index (χ4v) is 4.11. The van der Waals surface area contributed by atoms with Gasteiger partial charge in [0.1, 0.15) is 0 Å². The third-order valence-corrected chi connectivity index (χ3v) is 5.65. The summed E-state index contributed by atoms with van der Waals surface area (Å²) in [6.45, 7) is 1.98. The standard InChI is InChI=1S/C14H15N3OS2/c1-14(7-12(18)17(2)13(15)16-14)11-4-3-10(20-11)9-5-6-19-8-9/h3-6,8H,7H2,1-2H3,(H2,15,16)/t14-/m0/s1. The predicted octanol–water partition coefficient (Wildman–Crippen LogP) is 3.08. The quantitative estimate of drug-likeness (QED) is 0.896. The van der Waals surface area contributed by atoms with Crippen LogP contribution in [0.25, 0.3) is 10.4 Å². The second-order valence-electron chi connectivity index (χ2n) is 5.11. The fourth-order valence-electron chi connectivity index (χ4n) is 2.28. The number of thiophene rings is 2. The summed E-state index contributed by atoms with van der Waals surface area (Å²) in [7, 11) is 1.63. The Balaban J connectivity index is 1.93. The number of amides is 1. The Morgan fingerprint density at radius 3 is 2.85 bits per heavy atom. The lowest BCUT2D eigenvalue weighted by Crippen LogP contribution is -2.57. The minimum Gasteiger partial charge on any atom is -0.345 e. The molecule has 0 aliphatic carbocycles. The van der Waals surface area contributed by atoms with Gasteiger partial charge in [-0.2, -0.15) is 11.3 Å². The van der Waals surface area contributed by atoms with Gasteiger partial charge in [0.15, 0.2) is 5.96 Å². The number of nitrogens with zero attached hydrogens (tertiary/aromatic N) is 1. The van der Waals surface area contributed by atoms with Crippen molar-refractivity contribution in [3.8, 4) is 10.4 Å². The average Bonchev–Trinajstić information content (AvgIpc) is 3.06. The molecule has 0 aromatic carbocycles. The molecule has 4 nitrogen and oxygen atoms in total. The zero-order valence-corrected chi connectivity index (χ0v) is 12.9. The zero-order chi connectivity index (χ0) is 14.3. The van der Waals surface area contributed by atoms with Gasteiger partial charge in [-0.3, -0.25) is 15.1 Å². The van der Waals surface area contributed by atoms with Crippen molar-refractivity contribution in [1.29, 1.82) is 5.41 Å². The van der Waals surface area contributed by atoms with Gasteiger partial charge in [-0.1, -0.05) is 0 Å². The van der Waals surface area contributed by atoms with Crippen LogP contribution in [-0.2, 0) is 10.3 Å². The third kappa shape index (κ3) is 2.14. The highest BCUT2D eigenvalue weighted by Gasteiger charge is 2.38. The minimum atomic E-state index is -0.486. The van der Waals surface area contributed by atoms with E-state index in [-0.39, 0.29) is 11.9 Å². The highest BCUT2D eigenvalue weighted by Crippen LogP contribution is 2.37. The molecule has 3 rings (SSSR count). The lowest BCUT2D eigenvalue weighted by Gasteiger charge is -2.38. The first kappa shape index (κ1) is 13.3. The Morgan fingerprint density at radius 1 is 1.40 bits per heavy atom. The van der Waals surface area contributed by atoms with Crippen LogP contribution in [0.5, 0.6) is 0 Å². The van der Waals surface area contributed by atoms with Crippen molar-refractivity contribution in [2.24, 2.45) is 0 Å². The summed E-state index contributed by atoms with van der Waals surface area (Å²) >= 11 is 3.35. The number of rotatable bonds is 2. The number of carbonyl (C=O) groups is 1. The Labute approximate surface area is 125 Å². The molecule has 0 saturated carbocycles. The molecular formula is C14H15N3OS2. The number of guanidine groups is 1. The van der Waals surface area contributed by atoms with Crippen molar-refractivity contribution in [3.05, 3.63) is 33.8 Å². The number of carbonyl (C=O) groups excluding carboxylic acids is 1. The highest BCUT2D eigenvalue weighted by atomic mass is 32.1. The maximum absolute atomic E-state index is 12.0. The minimum absolute atomic E-state index is 0.0262. The van der Waals surface area contributed by atoms with E-state index in [1.165, 1.54) is 15.3 Å². The van der Waals surface area contributed by atoms with Gasteiger partial charge in [0.25, 0.3) is 0 Å². The normalized spacial score (nSPS) is 23.0. The molecule has 1 saturated heterocycles. The van der Waals surface area contributed by atoms with Crippen molar-refractivity contribution in [3.63, 3.8) is 0 Å². The topological polar surface area (TPSA) is 56.2 Å². The van der Waals surface area contributed by atoms with Crippen LogP contribution in [0.2, 0.25) is 0 Å². The predicted molar refractivity (Wildman–Crippen MR) is 83.2 cm³/mol. The van der Waals surface area contributed by atoms with E-state index in [9.17, 15) is 4.79 Å². The smallest absolute Gasteiger partial charge is 0.231 e. The van der Waals surface area contributed by atoms with Gasteiger partial charge >= 0.3 is 0 Å². The van der Waals surface area contributed by atoms with Crippen LogP contribution in [-0.4, -0.2) is 23.8 Å². The maximum Gasteiger partial charge on any atom is 0.231 e. The van der Waals surface area contributed by atoms with Gasteiger partial charge in [-0.15, -0.1) is 11.3 Å². The average molecular weight is 305 g/mol. The Hall–Kier alpha value is -1.66. The van der Waals surface area contributed by atoms with Crippen LogP contribution in [0.3, 0.4) is 0 Å². The van der Waals surface area contributed by atoms with Crippen LogP contribution in [0.1, 0.15) is 18.2 Å². The molecule has 2 N–H and O–H groups in total. The molecule has 1 aliphatic heterocycles. The summed E-state index contributed by atoms with van der Waals surface area (Å²) in [5.41, 5.74) is 0.726. The van der Waals surface area contributed by atoms with Gasteiger partial charge in [-0.25, -0.2) is 0 Å². The highest BCUT2D eigenvalue weighted by molar-refractivity contribution is 7.16. The molecule has 20 heavy (non-hydrogen) atoms. The van der Waals surface area contributed by atoms with Gasteiger partial charge in [-0.05, 0) is 35.9 Å². The van der Waals surface area contributed by atoms with E-state index in [1.54, 1.807) is 29.7 Å². The fraction of sp³-hybridized carbons (Fsp3) is 0.286. The first-order valence-electron chi connectivity index (χ1n) is 6.26. The van der Waals surface area contributed by atoms with Crippen LogP contribution in [0.15, 0.2) is 29.0 Å². The second kappa shape index (κ2) is 4.71. The number of nitrogens with one attached hydrogen (secondary N) is 2. The molecule has 0 radical (unpaired) electrons. The second-order valence-corrected chi connectivity index (χ2v) is 6.97. The summed E-state index contributed by atoms with van der Waals surface area (Å²) in [6.07, 6.45) is 0.371. The molecule has 0 unspecified atom stereocenters.